The summed E-state index contributed by atoms with van der Waals surface area (Å²) in [6, 6.07) is 4.08. The molecule has 0 aliphatic heterocycles. The van der Waals surface area contributed by atoms with Crippen molar-refractivity contribution >= 4 is 16.8 Å². The van der Waals surface area contributed by atoms with Gasteiger partial charge in [-0.1, -0.05) is 6.07 Å². The molecule has 78 valence electrons. The molecule has 0 saturated heterocycles. The van der Waals surface area contributed by atoms with Gasteiger partial charge in [0.05, 0.1) is 0 Å². The highest BCUT2D eigenvalue weighted by atomic mass is 16.3. The number of ketones is 1. The first-order valence-electron chi connectivity index (χ1n) is 5.02. The first-order valence-corrected chi connectivity index (χ1v) is 5.02. The normalized spacial score (nSPS) is 10.9. The van der Waals surface area contributed by atoms with Crippen molar-refractivity contribution in [2.24, 2.45) is 0 Å². The van der Waals surface area contributed by atoms with E-state index in [-0.39, 0.29) is 5.78 Å². The summed E-state index contributed by atoms with van der Waals surface area (Å²) < 4.78 is 5.57. The van der Waals surface area contributed by atoms with E-state index in [9.17, 15) is 4.79 Å². The molecule has 2 rings (SSSR count). The quantitative estimate of drug-likeness (QED) is 0.662. The van der Waals surface area contributed by atoms with Gasteiger partial charge >= 0.3 is 0 Å². The SMILES string of the molecule is CC(=O)c1oc2cc(C)cc(C)c2c1C. The fourth-order valence-corrected chi connectivity index (χ4v) is 2.13. The average molecular weight is 202 g/mol. The van der Waals surface area contributed by atoms with Crippen molar-refractivity contribution in [2.45, 2.75) is 27.7 Å². The maximum Gasteiger partial charge on any atom is 0.195 e. The van der Waals surface area contributed by atoms with Crippen LogP contribution in [0, 0.1) is 20.8 Å². The zero-order valence-electron chi connectivity index (χ0n) is 9.47. The summed E-state index contributed by atoms with van der Waals surface area (Å²) >= 11 is 0. The van der Waals surface area contributed by atoms with Crippen LogP contribution in [0.15, 0.2) is 16.5 Å². The topological polar surface area (TPSA) is 30.2 Å². The molecule has 2 aromatic rings. The number of carbonyl (C=O) groups is 1. The Morgan fingerprint density at radius 2 is 1.87 bits per heavy atom. The largest absolute Gasteiger partial charge is 0.453 e. The van der Waals surface area contributed by atoms with Crippen molar-refractivity contribution in [3.8, 4) is 0 Å². The number of rotatable bonds is 1. The summed E-state index contributed by atoms with van der Waals surface area (Å²) in [5, 5.41) is 1.07. The lowest BCUT2D eigenvalue weighted by Gasteiger charge is -1.98. The molecule has 0 amide bonds. The first-order chi connectivity index (χ1) is 7.00. The number of fused-ring (bicyclic) bond motifs is 1. The molecule has 0 spiro atoms. The van der Waals surface area contributed by atoms with E-state index >= 15 is 0 Å². The standard InChI is InChI=1S/C13H14O2/c1-7-5-8(2)12-9(3)13(10(4)14)15-11(12)6-7/h5-6H,1-4H3. The van der Waals surface area contributed by atoms with Crippen LogP contribution >= 0.6 is 0 Å². The van der Waals surface area contributed by atoms with Crippen LogP contribution in [0.25, 0.3) is 11.0 Å². The van der Waals surface area contributed by atoms with Gasteiger partial charge in [-0.05, 0) is 38.0 Å². The highest BCUT2D eigenvalue weighted by Crippen LogP contribution is 2.29. The summed E-state index contributed by atoms with van der Waals surface area (Å²) in [7, 11) is 0. The predicted molar refractivity (Wildman–Crippen MR) is 60.4 cm³/mol. The Morgan fingerprint density at radius 1 is 1.20 bits per heavy atom. The first kappa shape index (κ1) is 9.97. The number of aryl methyl sites for hydroxylation is 3. The van der Waals surface area contributed by atoms with Crippen LogP contribution in [0.3, 0.4) is 0 Å². The molecular weight excluding hydrogens is 188 g/mol. The lowest BCUT2D eigenvalue weighted by Crippen LogP contribution is -1.90. The summed E-state index contributed by atoms with van der Waals surface area (Å²) in [6.07, 6.45) is 0. The van der Waals surface area contributed by atoms with Gasteiger partial charge < -0.3 is 4.42 Å². The molecule has 0 aliphatic carbocycles. The molecule has 1 aromatic carbocycles. The maximum atomic E-state index is 11.3. The van der Waals surface area contributed by atoms with Crippen molar-refractivity contribution in [3.05, 3.63) is 34.6 Å². The predicted octanol–water partition coefficient (Wildman–Crippen LogP) is 3.56. The molecule has 2 heteroatoms. The third-order valence-electron chi connectivity index (χ3n) is 2.69. The highest BCUT2D eigenvalue weighted by Gasteiger charge is 2.15. The third-order valence-corrected chi connectivity index (χ3v) is 2.69. The Labute approximate surface area is 88.9 Å². The van der Waals surface area contributed by atoms with Gasteiger partial charge in [0.2, 0.25) is 0 Å². The Hall–Kier alpha value is -1.57. The minimum Gasteiger partial charge on any atom is -0.453 e. The van der Waals surface area contributed by atoms with Crippen LogP contribution in [0.4, 0.5) is 0 Å². The summed E-state index contributed by atoms with van der Waals surface area (Å²) in [4.78, 5) is 11.3. The average Bonchev–Trinajstić information content (AvgIpc) is 2.42. The zero-order chi connectivity index (χ0) is 11.2. The summed E-state index contributed by atoms with van der Waals surface area (Å²) in [5.74, 6) is 0.472. The van der Waals surface area contributed by atoms with Crippen LogP contribution < -0.4 is 0 Å². The van der Waals surface area contributed by atoms with E-state index in [2.05, 4.69) is 6.07 Å². The number of furan rings is 1. The van der Waals surface area contributed by atoms with Gasteiger partial charge in [0.1, 0.15) is 5.58 Å². The smallest absolute Gasteiger partial charge is 0.195 e. The van der Waals surface area contributed by atoms with Crippen LogP contribution in [-0.4, -0.2) is 5.78 Å². The van der Waals surface area contributed by atoms with E-state index in [1.165, 1.54) is 12.5 Å². The van der Waals surface area contributed by atoms with Crippen molar-refractivity contribution in [1.82, 2.24) is 0 Å². The monoisotopic (exact) mass is 202 g/mol. The van der Waals surface area contributed by atoms with E-state index in [1.54, 1.807) is 0 Å². The second-order valence-corrected chi connectivity index (χ2v) is 4.07. The number of carbonyl (C=O) groups excluding carboxylic acids is 1. The van der Waals surface area contributed by atoms with Gasteiger partial charge in [-0.25, -0.2) is 0 Å². The molecule has 0 saturated carbocycles. The van der Waals surface area contributed by atoms with Gasteiger partial charge in [-0.2, -0.15) is 0 Å². The van der Waals surface area contributed by atoms with Crippen molar-refractivity contribution in [2.75, 3.05) is 0 Å². The minimum absolute atomic E-state index is 0.0132. The summed E-state index contributed by atoms with van der Waals surface area (Å²) in [6.45, 7) is 7.54. The van der Waals surface area contributed by atoms with E-state index in [4.69, 9.17) is 4.42 Å². The van der Waals surface area contributed by atoms with Gasteiger partial charge in [-0.15, -0.1) is 0 Å². The second kappa shape index (κ2) is 3.23. The molecule has 0 aliphatic rings. The van der Waals surface area contributed by atoms with Crippen LogP contribution in [-0.2, 0) is 0 Å². The number of Topliss-reactive ketones (excluding diaryl/α,β-unsaturated/α-hetero) is 1. The molecule has 1 heterocycles. The fourth-order valence-electron chi connectivity index (χ4n) is 2.13. The zero-order valence-corrected chi connectivity index (χ0v) is 9.47. The number of hydrogen-bond donors (Lipinski definition) is 0. The molecule has 0 unspecified atom stereocenters. The maximum absolute atomic E-state index is 11.3. The fraction of sp³-hybridized carbons (Fsp3) is 0.308. The number of hydrogen-bond acceptors (Lipinski definition) is 2. The van der Waals surface area contributed by atoms with E-state index in [0.29, 0.717) is 5.76 Å². The molecule has 15 heavy (non-hydrogen) atoms. The summed E-state index contributed by atoms with van der Waals surface area (Å²) in [5.41, 5.74) is 4.09. The molecule has 0 N–H and O–H groups in total. The Morgan fingerprint density at radius 3 is 2.47 bits per heavy atom. The lowest BCUT2D eigenvalue weighted by molar-refractivity contribution is 0.0988. The van der Waals surface area contributed by atoms with Crippen LogP contribution in [0.2, 0.25) is 0 Å². The van der Waals surface area contributed by atoms with Crippen molar-refractivity contribution in [3.63, 3.8) is 0 Å². The van der Waals surface area contributed by atoms with E-state index in [1.807, 2.05) is 26.8 Å². The van der Waals surface area contributed by atoms with Crippen LogP contribution in [0.5, 0.6) is 0 Å². The Bertz CT molecular complexity index is 547. The molecule has 1 aromatic heterocycles. The minimum atomic E-state index is -0.0132. The lowest BCUT2D eigenvalue weighted by atomic mass is 10.0. The van der Waals surface area contributed by atoms with Crippen LogP contribution in [0.1, 0.15) is 34.2 Å². The molecule has 0 radical (unpaired) electrons. The molecular formula is C13H14O2. The van der Waals surface area contributed by atoms with E-state index < -0.39 is 0 Å². The molecule has 0 bridgehead atoms. The van der Waals surface area contributed by atoms with E-state index in [0.717, 1.165) is 22.1 Å². The Balaban J connectivity index is 2.88. The molecule has 2 nitrogen and oxygen atoms in total. The van der Waals surface area contributed by atoms with Crippen molar-refractivity contribution in [1.29, 1.82) is 0 Å². The highest BCUT2D eigenvalue weighted by molar-refractivity contribution is 5.99. The van der Waals surface area contributed by atoms with Gasteiger partial charge in [0, 0.05) is 17.9 Å². The van der Waals surface area contributed by atoms with Gasteiger partial charge in [-0.3, -0.25) is 4.79 Å². The Kier molecular flexibility index (Phi) is 2.14. The van der Waals surface area contributed by atoms with Crippen molar-refractivity contribution < 1.29 is 9.21 Å². The molecule has 0 atom stereocenters. The van der Waals surface area contributed by atoms with Gasteiger partial charge in [0.15, 0.2) is 11.5 Å². The molecule has 0 fully saturated rings. The second-order valence-electron chi connectivity index (χ2n) is 4.07. The number of benzene rings is 1. The van der Waals surface area contributed by atoms with Gasteiger partial charge in [0.25, 0.3) is 0 Å². The third kappa shape index (κ3) is 1.46.